The third-order valence-electron chi connectivity index (χ3n) is 8.47. The molecule has 0 saturated carbocycles. The lowest BCUT2D eigenvalue weighted by molar-refractivity contribution is -0.137. The number of halogens is 5. The fourth-order valence-corrected chi connectivity index (χ4v) is 5.18. The highest BCUT2D eigenvalue weighted by Crippen LogP contribution is 2.29. The Bertz CT molecular complexity index is 1600. The van der Waals surface area contributed by atoms with Crippen LogP contribution in [-0.2, 0) is 66.7 Å². The number of hydrogen-bond acceptors (Lipinski definition) is 15. The van der Waals surface area contributed by atoms with Gasteiger partial charge in [-0.1, -0.05) is 0 Å². The number of esters is 1. The Morgan fingerprint density at radius 2 is 1.00 bits per heavy atom. The van der Waals surface area contributed by atoms with E-state index in [-0.39, 0.29) is 71.6 Å². The van der Waals surface area contributed by atoms with Crippen molar-refractivity contribution in [3.63, 3.8) is 0 Å². The second-order valence-corrected chi connectivity index (χ2v) is 13.3. The van der Waals surface area contributed by atoms with Gasteiger partial charge in [0.1, 0.15) is 6.04 Å². The van der Waals surface area contributed by atoms with E-state index in [1.165, 1.54) is 0 Å². The van der Waals surface area contributed by atoms with Gasteiger partial charge in [-0.15, -0.1) is 0 Å². The minimum absolute atomic E-state index is 0.0547. The van der Waals surface area contributed by atoms with Crippen molar-refractivity contribution >= 4 is 35.5 Å². The van der Waals surface area contributed by atoms with Gasteiger partial charge in [0.2, 0.25) is 52.6 Å². The maximum Gasteiger partial charge on any atom is 0.311 e. The summed E-state index contributed by atoms with van der Waals surface area (Å²) in [6, 6.07) is -1.26. The number of rotatable bonds is 38. The molecule has 0 radical (unpaired) electrons. The average molecular weight is 929 g/mol. The van der Waals surface area contributed by atoms with Crippen molar-refractivity contribution in [1.29, 1.82) is 0 Å². The number of hydrogen-bond donors (Lipinski definition) is 3. The summed E-state index contributed by atoms with van der Waals surface area (Å²) in [5, 5.41) is 7.54. The van der Waals surface area contributed by atoms with Gasteiger partial charge in [-0.25, -0.2) is 13.2 Å². The largest absolute Gasteiger partial charge is 0.420 e. The molecule has 5 amide bonds. The molecule has 1 aliphatic heterocycles. The lowest BCUT2D eigenvalue weighted by Gasteiger charge is -2.19. The zero-order valence-electron chi connectivity index (χ0n) is 35.7. The van der Waals surface area contributed by atoms with Crippen LogP contribution in [0.5, 0.6) is 5.75 Å². The molecule has 0 fully saturated rings. The molecule has 0 spiro atoms. The lowest BCUT2D eigenvalue weighted by Crippen LogP contribution is -2.47. The molecule has 1 aliphatic rings. The molecular formula is C40H57F5N4O15. The van der Waals surface area contributed by atoms with Crippen LogP contribution in [0.1, 0.15) is 38.5 Å². The highest BCUT2D eigenvalue weighted by molar-refractivity contribution is 6.12. The van der Waals surface area contributed by atoms with E-state index in [9.17, 15) is 50.7 Å². The molecule has 1 aromatic carbocycles. The topological polar surface area (TPSA) is 225 Å². The van der Waals surface area contributed by atoms with Crippen LogP contribution in [0.25, 0.3) is 0 Å². The number of nitrogens with zero attached hydrogens (tertiary/aromatic N) is 1. The molecule has 1 atom stereocenters. The first-order valence-corrected chi connectivity index (χ1v) is 20.5. The zero-order chi connectivity index (χ0) is 47.0. The summed E-state index contributed by atoms with van der Waals surface area (Å²) < 4.78 is 115. The van der Waals surface area contributed by atoms with Crippen molar-refractivity contribution < 1.29 is 93.4 Å². The van der Waals surface area contributed by atoms with Crippen LogP contribution in [0.15, 0.2) is 12.2 Å². The van der Waals surface area contributed by atoms with E-state index in [0.29, 0.717) is 79.3 Å². The number of benzene rings is 1. The van der Waals surface area contributed by atoms with E-state index in [4.69, 9.17) is 37.9 Å². The van der Waals surface area contributed by atoms with Gasteiger partial charge in [0.05, 0.1) is 99.1 Å². The predicted molar refractivity (Wildman–Crippen MR) is 211 cm³/mol. The van der Waals surface area contributed by atoms with Crippen LogP contribution < -0.4 is 20.7 Å². The Morgan fingerprint density at radius 3 is 1.48 bits per heavy atom. The van der Waals surface area contributed by atoms with E-state index >= 15 is 0 Å². The number of carbonyl (C=O) groups is 6. The molecule has 0 bridgehead atoms. The number of methoxy groups -OCH3 is 1. The smallest absolute Gasteiger partial charge is 0.311 e. The summed E-state index contributed by atoms with van der Waals surface area (Å²) in [5.41, 5.74) is 0. The maximum atomic E-state index is 13.9. The third kappa shape index (κ3) is 23.3. The molecule has 0 aromatic heterocycles. The van der Waals surface area contributed by atoms with E-state index in [1.54, 1.807) is 7.11 Å². The summed E-state index contributed by atoms with van der Waals surface area (Å²) in [4.78, 5) is 74.8. The van der Waals surface area contributed by atoms with Gasteiger partial charge in [-0.2, -0.15) is 8.78 Å². The van der Waals surface area contributed by atoms with Crippen molar-refractivity contribution in [2.45, 2.75) is 44.6 Å². The number of carbonyl (C=O) groups excluding carboxylic acids is 6. The molecule has 0 saturated heterocycles. The summed E-state index contributed by atoms with van der Waals surface area (Å²) in [6.07, 6.45) is 0.822. The minimum Gasteiger partial charge on any atom is -0.420 e. The molecule has 362 valence electrons. The monoisotopic (exact) mass is 928 g/mol. The molecule has 1 heterocycles. The predicted octanol–water partition coefficient (Wildman–Crippen LogP) is 1.03. The molecular weight excluding hydrogens is 871 g/mol. The van der Waals surface area contributed by atoms with Gasteiger partial charge < -0.3 is 58.6 Å². The van der Waals surface area contributed by atoms with Crippen LogP contribution >= 0.6 is 0 Å². The Balaban J connectivity index is 1.60. The van der Waals surface area contributed by atoms with E-state index < -0.39 is 82.8 Å². The van der Waals surface area contributed by atoms with E-state index in [2.05, 4.69) is 20.7 Å². The van der Waals surface area contributed by atoms with Crippen molar-refractivity contribution in [2.24, 2.45) is 0 Å². The second-order valence-electron chi connectivity index (χ2n) is 13.3. The number of ether oxygens (including phenoxy) is 9. The first-order valence-electron chi connectivity index (χ1n) is 20.5. The van der Waals surface area contributed by atoms with Crippen LogP contribution in [0.3, 0.4) is 0 Å². The van der Waals surface area contributed by atoms with Gasteiger partial charge in [0.15, 0.2) is 0 Å². The molecule has 64 heavy (non-hydrogen) atoms. The second kappa shape index (κ2) is 33.8. The summed E-state index contributed by atoms with van der Waals surface area (Å²) in [5.74, 6) is -17.8. The van der Waals surface area contributed by atoms with Gasteiger partial charge >= 0.3 is 5.97 Å². The quantitative estimate of drug-likeness (QED) is 0.0160. The minimum atomic E-state index is -2.43. The fraction of sp³-hybridized carbons (Fsp3) is 0.650. The normalized spacial score (nSPS) is 12.8. The van der Waals surface area contributed by atoms with Gasteiger partial charge in [-0.05, 0) is 19.3 Å². The third-order valence-corrected chi connectivity index (χ3v) is 8.47. The fourth-order valence-electron chi connectivity index (χ4n) is 5.18. The van der Waals surface area contributed by atoms with E-state index in [0.717, 1.165) is 17.1 Å². The Labute approximate surface area is 366 Å². The molecule has 1 unspecified atom stereocenters. The van der Waals surface area contributed by atoms with Crippen molar-refractivity contribution in [2.75, 3.05) is 126 Å². The Morgan fingerprint density at radius 1 is 0.547 bits per heavy atom. The lowest BCUT2D eigenvalue weighted by atomic mass is 10.1. The summed E-state index contributed by atoms with van der Waals surface area (Å²) in [6.45, 7) is 5.77. The SMILES string of the molecule is COCCOCCOCCOCCOCCOCCOCCOCCNC(=O)CCC(NC(=O)CCCN1C(=O)C=CC1=O)C(=O)NCCCC(=O)Oc1c(F)c(F)c(F)c(F)c1F. The first kappa shape index (κ1) is 55.4. The maximum absolute atomic E-state index is 13.9. The van der Waals surface area contributed by atoms with Gasteiger partial charge in [0, 0.05) is 58.2 Å². The molecule has 0 aliphatic carbocycles. The highest BCUT2D eigenvalue weighted by atomic mass is 19.2. The van der Waals surface area contributed by atoms with Crippen LogP contribution in [0.4, 0.5) is 22.0 Å². The standard InChI is InChI=1S/C40H57F5N4O15/c1-56-14-15-58-18-19-60-22-23-62-26-27-63-25-24-61-21-20-59-17-16-57-13-11-46-29(50)7-6-28(48-30(51)4-3-12-49-31(52)8-9-32(49)53)40(55)47-10-2-5-33(54)64-39-37(44)35(42)34(41)36(43)38(39)45/h8-9,28H,2-7,10-27H2,1H3,(H,46,50)(H,47,55)(H,48,51). The van der Waals surface area contributed by atoms with Crippen LogP contribution in [0, 0.1) is 29.1 Å². The molecule has 24 heteroatoms. The molecule has 1 aromatic rings. The van der Waals surface area contributed by atoms with Crippen LogP contribution in [-0.4, -0.2) is 172 Å². The van der Waals surface area contributed by atoms with Gasteiger partial charge in [-0.3, -0.25) is 33.7 Å². The van der Waals surface area contributed by atoms with Crippen LogP contribution in [0.2, 0.25) is 0 Å². The Kier molecular flexibility index (Phi) is 29.3. The van der Waals surface area contributed by atoms with Crippen molar-refractivity contribution in [3.05, 3.63) is 41.2 Å². The number of imide groups is 1. The number of amides is 5. The molecule has 3 N–H and O–H groups in total. The average Bonchev–Trinajstić information content (AvgIpc) is 3.60. The molecule has 2 rings (SSSR count). The summed E-state index contributed by atoms with van der Waals surface area (Å²) >= 11 is 0. The zero-order valence-corrected chi connectivity index (χ0v) is 35.7. The first-order chi connectivity index (χ1) is 30.9. The van der Waals surface area contributed by atoms with Crippen molar-refractivity contribution in [1.82, 2.24) is 20.9 Å². The summed E-state index contributed by atoms with van der Waals surface area (Å²) in [7, 11) is 1.61. The molecule has 19 nitrogen and oxygen atoms in total. The van der Waals surface area contributed by atoms with Crippen molar-refractivity contribution in [3.8, 4) is 5.75 Å². The Hall–Kier alpha value is -4.69. The number of nitrogens with one attached hydrogen (secondary N) is 3. The highest BCUT2D eigenvalue weighted by Gasteiger charge is 2.29. The van der Waals surface area contributed by atoms with Gasteiger partial charge in [0.25, 0.3) is 11.8 Å². The van der Waals surface area contributed by atoms with E-state index in [1.807, 2.05) is 0 Å².